The molecule has 0 fully saturated rings. The fourth-order valence-electron chi connectivity index (χ4n) is 1.40. The predicted molar refractivity (Wildman–Crippen MR) is 71.0 cm³/mol. The molecule has 1 aromatic carbocycles. The van der Waals surface area contributed by atoms with Crippen LogP contribution in [0, 0.1) is 0 Å². The van der Waals surface area contributed by atoms with Gasteiger partial charge in [0, 0.05) is 11.9 Å². The van der Waals surface area contributed by atoms with Crippen LogP contribution < -0.4 is 5.73 Å². The molecule has 1 aromatic rings. The summed E-state index contributed by atoms with van der Waals surface area (Å²) in [4.78, 5) is 35.1. The van der Waals surface area contributed by atoms with Gasteiger partial charge in [0.1, 0.15) is 6.54 Å². The zero-order valence-electron chi connectivity index (χ0n) is 10.3. The van der Waals surface area contributed by atoms with Crippen LogP contribution in [0.2, 0.25) is 0 Å². The van der Waals surface area contributed by atoms with E-state index in [9.17, 15) is 14.4 Å². The molecule has 0 radical (unpaired) electrons. The summed E-state index contributed by atoms with van der Waals surface area (Å²) in [5.74, 6) is -1.91. The lowest BCUT2D eigenvalue weighted by molar-refractivity contribution is -0.137. The van der Waals surface area contributed by atoms with Crippen molar-refractivity contribution in [1.82, 2.24) is 4.90 Å². The zero-order chi connectivity index (χ0) is 14.4. The summed E-state index contributed by atoms with van der Waals surface area (Å²) in [7, 11) is 1.41. The van der Waals surface area contributed by atoms with E-state index in [0.29, 0.717) is 10.5 Å². The van der Waals surface area contributed by atoms with Crippen molar-refractivity contribution < 1.29 is 19.5 Å². The van der Waals surface area contributed by atoms with Gasteiger partial charge in [0.25, 0.3) is 5.91 Å². The van der Waals surface area contributed by atoms with Crippen LogP contribution in [0.3, 0.4) is 0 Å². The molecule has 0 unspecified atom stereocenters. The van der Waals surface area contributed by atoms with Crippen molar-refractivity contribution in [2.45, 2.75) is 4.90 Å². The minimum Gasteiger partial charge on any atom is -0.480 e. The Morgan fingerprint density at radius 3 is 2.53 bits per heavy atom. The van der Waals surface area contributed by atoms with Crippen LogP contribution in [0.15, 0.2) is 29.2 Å². The number of nitrogens with zero attached hydrogens (tertiary/aromatic N) is 1. The Hall–Kier alpha value is -2.02. The molecule has 6 nitrogen and oxygen atoms in total. The van der Waals surface area contributed by atoms with E-state index in [2.05, 4.69) is 0 Å². The van der Waals surface area contributed by atoms with Gasteiger partial charge in [-0.05, 0) is 12.1 Å². The van der Waals surface area contributed by atoms with Gasteiger partial charge in [-0.15, -0.1) is 11.8 Å². The number of rotatable bonds is 6. The lowest BCUT2D eigenvalue weighted by Crippen LogP contribution is -2.32. The van der Waals surface area contributed by atoms with Gasteiger partial charge < -0.3 is 15.7 Å². The smallest absolute Gasteiger partial charge is 0.323 e. The quantitative estimate of drug-likeness (QED) is 0.736. The van der Waals surface area contributed by atoms with Gasteiger partial charge in [0.15, 0.2) is 0 Å². The Balaban J connectivity index is 2.89. The first kappa shape index (κ1) is 15.0. The van der Waals surface area contributed by atoms with Crippen molar-refractivity contribution in [1.29, 1.82) is 0 Å². The van der Waals surface area contributed by atoms with Gasteiger partial charge >= 0.3 is 5.97 Å². The normalized spacial score (nSPS) is 9.95. The fraction of sp³-hybridized carbons (Fsp3) is 0.250. The van der Waals surface area contributed by atoms with Crippen molar-refractivity contribution in [2.24, 2.45) is 5.73 Å². The summed E-state index contributed by atoms with van der Waals surface area (Å²) >= 11 is 1.15. The van der Waals surface area contributed by atoms with Gasteiger partial charge in [-0.25, -0.2) is 0 Å². The van der Waals surface area contributed by atoms with Crippen LogP contribution in [0.4, 0.5) is 0 Å². The van der Waals surface area contributed by atoms with E-state index in [1.54, 1.807) is 24.3 Å². The van der Waals surface area contributed by atoms with Gasteiger partial charge in [0.05, 0.1) is 11.3 Å². The topological polar surface area (TPSA) is 101 Å². The summed E-state index contributed by atoms with van der Waals surface area (Å²) in [6.45, 7) is -0.381. The van der Waals surface area contributed by atoms with Gasteiger partial charge in [-0.2, -0.15) is 0 Å². The summed E-state index contributed by atoms with van der Waals surface area (Å²) < 4.78 is 0. The van der Waals surface area contributed by atoms with Crippen LogP contribution in [0.1, 0.15) is 10.4 Å². The van der Waals surface area contributed by atoms with Crippen LogP contribution in [0.25, 0.3) is 0 Å². The third kappa shape index (κ3) is 4.63. The average Bonchev–Trinajstić information content (AvgIpc) is 2.35. The first-order chi connectivity index (χ1) is 8.91. The molecule has 102 valence electrons. The lowest BCUT2D eigenvalue weighted by atomic mass is 10.2. The van der Waals surface area contributed by atoms with Gasteiger partial charge in [0.2, 0.25) is 5.91 Å². The van der Waals surface area contributed by atoms with Crippen molar-refractivity contribution >= 4 is 29.5 Å². The molecule has 0 bridgehead atoms. The Bertz CT molecular complexity index is 504. The molecule has 0 spiro atoms. The number of nitrogens with two attached hydrogens (primary N) is 1. The SMILES string of the molecule is CN(CC(=O)O)C(=O)c1ccccc1SCC(N)=O. The molecule has 0 aliphatic carbocycles. The maximum atomic E-state index is 12.1. The van der Waals surface area contributed by atoms with Crippen LogP contribution in [0.5, 0.6) is 0 Å². The molecule has 3 N–H and O–H groups in total. The van der Waals surface area contributed by atoms with Gasteiger partial charge in [-0.1, -0.05) is 12.1 Å². The number of carbonyl (C=O) groups excluding carboxylic acids is 2. The van der Waals surface area contributed by atoms with E-state index in [-0.39, 0.29) is 12.3 Å². The second-order valence-electron chi connectivity index (χ2n) is 3.81. The van der Waals surface area contributed by atoms with E-state index in [1.807, 2.05) is 0 Å². The molecule has 0 aromatic heterocycles. The molecular formula is C12H14N2O4S. The molecule has 0 saturated carbocycles. The molecule has 0 aliphatic heterocycles. The number of hydrogen-bond acceptors (Lipinski definition) is 4. The minimum absolute atomic E-state index is 0.0624. The predicted octanol–water partition coefficient (Wildman–Crippen LogP) is 0.421. The second kappa shape index (κ2) is 6.79. The maximum absolute atomic E-state index is 12.1. The average molecular weight is 282 g/mol. The molecule has 0 aliphatic rings. The van der Waals surface area contributed by atoms with E-state index < -0.39 is 17.8 Å². The number of carboxylic acid groups (broad SMARTS) is 1. The summed E-state index contributed by atoms with van der Waals surface area (Å²) in [5.41, 5.74) is 5.42. The first-order valence-corrected chi connectivity index (χ1v) is 6.37. The minimum atomic E-state index is -1.09. The highest BCUT2D eigenvalue weighted by molar-refractivity contribution is 8.00. The summed E-state index contributed by atoms with van der Waals surface area (Å²) in [6.07, 6.45) is 0. The number of carboxylic acids is 1. The monoisotopic (exact) mass is 282 g/mol. The van der Waals surface area contributed by atoms with Gasteiger partial charge in [-0.3, -0.25) is 14.4 Å². The first-order valence-electron chi connectivity index (χ1n) is 5.39. The molecule has 1 rings (SSSR count). The summed E-state index contributed by atoms with van der Waals surface area (Å²) in [6, 6.07) is 6.69. The number of thioether (sulfide) groups is 1. The highest BCUT2D eigenvalue weighted by Gasteiger charge is 2.17. The Morgan fingerprint density at radius 2 is 1.95 bits per heavy atom. The van der Waals surface area contributed by atoms with Crippen molar-refractivity contribution in [3.63, 3.8) is 0 Å². The van der Waals surface area contributed by atoms with Crippen molar-refractivity contribution in [3.05, 3.63) is 29.8 Å². The molecule has 0 atom stereocenters. The third-order valence-electron chi connectivity index (χ3n) is 2.21. The highest BCUT2D eigenvalue weighted by atomic mass is 32.2. The zero-order valence-corrected chi connectivity index (χ0v) is 11.1. The standard InChI is InChI=1S/C12H14N2O4S/c1-14(6-11(16)17)12(18)8-4-2-3-5-9(8)19-7-10(13)15/h2-5H,6-7H2,1H3,(H2,13,15)(H,16,17). The number of amides is 2. The number of hydrogen-bond donors (Lipinski definition) is 2. The van der Waals surface area contributed by atoms with E-state index in [1.165, 1.54) is 7.05 Å². The summed E-state index contributed by atoms with van der Waals surface area (Å²) in [5, 5.41) is 8.66. The number of primary amides is 1. The Labute approximate surface area is 114 Å². The van der Waals surface area contributed by atoms with Crippen molar-refractivity contribution in [3.8, 4) is 0 Å². The molecule has 0 saturated heterocycles. The lowest BCUT2D eigenvalue weighted by Gasteiger charge is -2.16. The van der Waals surface area contributed by atoms with Crippen molar-refractivity contribution in [2.75, 3.05) is 19.3 Å². The Morgan fingerprint density at radius 1 is 1.32 bits per heavy atom. The number of likely N-dealkylation sites (N-methyl/N-ethyl adjacent to an activating group) is 1. The van der Waals surface area contributed by atoms with E-state index in [4.69, 9.17) is 10.8 Å². The van der Waals surface area contributed by atoms with Crippen LogP contribution in [-0.4, -0.2) is 47.1 Å². The van der Waals surface area contributed by atoms with E-state index >= 15 is 0 Å². The molecule has 2 amide bonds. The maximum Gasteiger partial charge on any atom is 0.323 e. The number of benzene rings is 1. The molecule has 19 heavy (non-hydrogen) atoms. The molecular weight excluding hydrogens is 268 g/mol. The molecule has 0 heterocycles. The van der Waals surface area contributed by atoms with E-state index in [0.717, 1.165) is 16.7 Å². The fourth-order valence-corrected chi connectivity index (χ4v) is 2.18. The highest BCUT2D eigenvalue weighted by Crippen LogP contribution is 2.23. The third-order valence-corrected chi connectivity index (χ3v) is 3.30. The Kier molecular flexibility index (Phi) is 5.37. The largest absolute Gasteiger partial charge is 0.480 e. The van der Waals surface area contributed by atoms with Crippen LogP contribution in [-0.2, 0) is 9.59 Å². The molecule has 7 heteroatoms. The number of carbonyl (C=O) groups is 3. The second-order valence-corrected chi connectivity index (χ2v) is 4.82. The number of aliphatic carboxylic acids is 1. The van der Waals surface area contributed by atoms with Crippen LogP contribution >= 0.6 is 11.8 Å².